The molecule has 0 saturated carbocycles. The lowest BCUT2D eigenvalue weighted by molar-refractivity contribution is -0.0594. The zero-order chi connectivity index (χ0) is 11.0. The molecule has 0 saturated heterocycles. The molecule has 3 unspecified atom stereocenters. The van der Waals surface area contributed by atoms with Crippen LogP contribution in [0.5, 0.6) is 0 Å². The van der Waals surface area contributed by atoms with Gasteiger partial charge in [0, 0.05) is 6.61 Å². The molecule has 0 aliphatic heterocycles. The van der Waals surface area contributed by atoms with Crippen LogP contribution in [0.25, 0.3) is 0 Å². The van der Waals surface area contributed by atoms with Crippen LogP contribution in [0, 0.1) is 0 Å². The summed E-state index contributed by atoms with van der Waals surface area (Å²) in [5.41, 5.74) is 0. The maximum absolute atomic E-state index is 8.93. The average molecular weight is 206 g/mol. The Hall–Kier alpha value is -0.160. The summed E-state index contributed by atoms with van der Waals surface area (Å²) in [4.78, 5) is 0. The Morgan fingerprint density at radius 3 is 2.21 bits per heavy atom. The zero-order valence-corrected chi connectivity index (χ0v) is 9.27. The minimum atomic E-state index is -0.433. The molecule has 0 aromatic carbocycles. The van der Waals surface area contributed by atoms with Crippen molar-refractivity contribution in [3.8, 4) is 0 Å². The fourth-order valence-corrected chi connectivity index (χ4v) is 1.09. The van der Waals surface area contributed by atoms with Gasteiger partial charge in [-0.05, 0) is 27.2 Å². The molecule has 0 aromatic heterocycles. The Kier molecular flexibility index (Phi) is 8.08. The van der Waals surface area contributed by atoms with Crippen LogP contribution >= 0.6 is 0 Å². The Morgan fingerprint density at radius 1 is 1.07 bits per heavy atom. The van der Waals surface area contributed by atoms with E-state index in [0.717, 1.165) is 0 Å². The van der Waals surface area contributed by atoms with E-state index < -0.39 is 6.10 Å². The quantitative estimate of drug-likeness (QED) is 0.609. The van der Waals surface area contributed by atoms with E-state index in [0.29, 0.717) is 19.6 Å². The summed E-state index contributed by atoms with van der Waals surface area (Å²) in [5, 5.41) is 17.6. The summed E-state index contributed by atoms with van der Waals surface area (Å²) in [5.74, 6) is 0. The van der Waals surface area contributed by atoms with E-state index in [1.165, 1.54) is 0 Å². The van der Waals surface area contributed by atoms with Gasteiger partial charge in [0.25, 0.3) is 0 Å². The smallest absolute Gasteiger partial charge is 0.0784 e. The minimum absolute atomic E-state index is 0.00435. The lowest BCUT2D eigenvalue weighted by atomic mass is 10.3. The molecule has 0 aliphatic rings. The molecule has 3 atom stereocenters. The second-order valence-electron chi connectivity index (χ2n) is 3.66. The summed E-state index contributed by atoms with van der Waals surface area (Å²) >= 11 is 0. The first-order valence-corrected chi connectivity index (χ1v) is 5.08. The highest BCUT2D eigenvalue weighted by Gasteiger charge is 2.08. The molecule has 2 N–H and O–H groups in total. The van der Waals surface area contributed by atoms with Crippen LogP contribution in [-0.4, -0.2) is 48.3 Å². The zero-order valence-electron chi connectivity index (χ0n) is 9.27. The first kappa shape index (κ1) is 13.8. The molecule has 86 valence electrons. The minimum Gasteiger partial charge on any atom is -0.396 e. The van der Waals surface area contributed by atoms with E-state index in [9.17, 15) is 0 Å². The van der Waals surface area contributed by atoms with E-state index in [1.807, 2.05) is 13.8 Å². The Bertz CT molecular complexity index is 127. The second-order valence-corrected chi connectivity index (χ2v) is 3.66. The first-order valence-electron chi connectivity index (χ1n) is 5.08. The molecule has 14 heavy (non-hydrogen) atoms. The molecule has 0 aliphatic carbocycles. The van der Waals surface area contributed by atoms with Crippen molar-refractivity contribution in [2.45, 2.75) is 45.5 Å². The van der Waals surface area contributed by atoms with Crippen molar-refractivity contribution in [2.24, 2.45) is 0 Å². The molecule has 4 heteroatoms. The topological polar surface area (TPSA) is 58.9 Å². The maximum Gasteiger partial charge on any atom is 0.0784 e. The van der Waals surface area contributed by atoms with Gasteiger partial charge in [-0.3, -0.25) is 0 Å². The number of aliphatic hydroxyl groups is 2. The molecular weight excluding hydrogens is 184 g/mol. The lowest BCUT2D eigenvalue weighted by Gasteiger charge is -2.18. The summed E-state index contributed by atoms with van der Waals surface area (Å²) in [6.07, 6.45) is 0.248. The van der Waals surface area contributed by atoms with Gasteiger partial charge in [0.05, 0.1) is 31.5 Å². The number of aliphatic hydroxyl groups excluding tert-OH is 2. The molecule has 4 nitrogen and oxygen atoms in total. The number of rotatable bonds is 8. The predicted octanol–water partition coefficient (Wildman–Crippen LogP) is 0.560. The van der Waals surface area contributed by atoms with E-state index in [-0.39, 0.29) is 18.8 Å². The van der Waals surface area contributed by atoms with Crippen molar-refractivity contribution in [3.05, 3.63) is 0 Å². The largest absolute Gasteiger partial charge is 0.396 e. The standard InChI is InChI=1S/C10H22O4/c1-8(12)6-13-7-10(3)14-9(2)4-5-11/h8-12H,4-7H2,1-3H3. The third-order valence-electron chi connectivity index (χ3n) is 1.71. The number of hydrogen-bond acceptors (Lipinski definition) is 4. The van der Waals surface area contributed by atoms with E-state index in [4.69, 9.17) is 19.7 Å². The molecule has 0 rings (SSSR count). The average Bonchev–Trinajstić information content (AvgIpc) is 2.03. The van der Waals surface area contributed by atoms with Gasteiger partial charge in [0.15, 0.2) is 0 Å². The summed E-state index contributed by atoms with van der Waals surface area (Å²) in [6, 6.07) is 0. The molecule has 0 spiro atoms. The van der Waals surface area contributed by atoms with Gasteiger partial charge >= 0.3 is 0 Å². The van der Waals surface area contributed by atoms with Gasteiger partial charge in [-0.25, -0.2) is 0 Å². The van der Waals surface area contributed by atoms with Crippen molar-refractivity contribution < 1.29 is 19.7 Å². The summed E-state index contributed by atoms with van der Waals surface area (Å²) in [7, 11) is 0. The van der Waals surface area contributed by atoms with Gasteiger partial charge in [-0.1, -0.05) is 0 Å². The number of hydrogen-bond donors (Lipinski definition) is 2. The van der Waals surface area contributed by atoms with Crippen LogP contribution < -0.4 is 0 Å². The maximum atomic E-state index is 8.93. The van der Waals surface area contributed by atoms with E-state index >= 15 is 0 Å². The predicted molar refractivity (Wildman–Crippen MR) is 54.2 cm³/mol. The Morgan fingerprint density at radius 2 is 1.71 bits per heavy atom. The number of ether oxygens (including phenoxy) is 2. The van der Waals surface area contributed by atoms with E-state index in [2.05, 4.69) is 0 Å². The molecule has 0 amide bonds. The van der Waals surface area contributed by atoms with Crippen molar-refractivity contribution in [1.29, 1.82) is 0 Å². The van der Waals surface area contributed by atoms with Gasteiger partial charge in [0.2, 0.25) is 0 Å². The molecule has 0 radical (unpaired) electrons. The van der Waals surface area contributed by atoms with Gasteiger partial charge in [0.1, 0.15) is 0 Å². The Labute approximate surface area is 85.8 Å². The van der Waals surface area contributed by atoms with Gasteiger partial charge in [-0.2, -0.15) is 0 Å². The fourth-order valence-electron chi connectivity index (χ4n) is 1.09. The van der Waals surface area contributed by atoms with Crippen LogP contribution in [0.3, 0.4) is 0 Å². The van der Waals surface area contributed by atoms with Gasteiger partial charge < -0.3 is 19.7 Å². The SMILES string of the molecule is CC(O)COCC(C)OC(C)CCO. The first-order chi connectivity index (χ1) is 6.56. The normalized spacial score (nSPS) is 17.8. The Balaban J connectivity index is 3.39. The van der Waals surface area contributed by atoms with Crippen molar-refractivity contribution in [3.63, 3.8) is 0 Å². The highest BCUT2D eigenvalue weighted by atomic mass is 16.5. The van der Waals surface area contributed by atoms with Crippen LogP contribution in [0.2, 0.25) is 0 Å². The molecule has 0 bridgehead atoms. The summed E-state index contributed by atoms with van der Waals surface area (Å²) < 4.78 is 10.7. The third-order valence-corrected chi connectivity index (χ3v) is 1.71. The highest BCUT2D eigenvalue weighted by Crippen LogP contribution is 2.02. The fraction of sp³-hybridized carbons (Fsp3) is 1.00. The van der Waals surface area contributed by atoms with E-state index in [1.54, 1.807) is 6.92 Å². The molecule has 0 heterocycles. The monoisotopic (exact) mass is 206 g/mol. The van der Waals surface area contributed by atoms with Crippen molar-refractivity contribution in [2.75, 3.05) is 19.8 Å². The van der Waals surface area contributed by atoms with Crippen molar-refractivity contribution >= 4 is 0 Å². The highest BCUT2D eigenvalue weighted by molar-refractivity contribution is 4.55. The van der Waals surface area contributed by atoms with Gasteiger partial charge in [-0.15, -0.1) is 0 Å². The lowest BCUT2D eigenvalue weighted by Crippen LogP contribution is -2.24. The molecule has 0 aromatic rings. The third kappa shape index (κ3) is 8.44. The van der Waals surface area contributed by atoms with Crippen molar-refractivity contribution in [1.82, 2.24) is 0 Å². The summed E-state index contributed by atoms with van der Waals surface area (Å²) in [6.45, 7) is 6.46. The molecular formula is C10H22O4. The second kappa shape index (κ2) is 8.17. The van der Waals surface area contributed by atoms with Crippen LogP contribution in [0.1, 0.15) is 27.2 Å². The van der Waals surface area contributed by atoms with Crippen LogP contribution in [0.15, 0.2) is 0 Å². The molecule has 0 fully saturated rings. The van der Waals surface area contributed by atoms with Crippen LogP contribution in [0.4, 0.5) is 0 Å². The van der Waals surface area contributed by atoms with Crippen LogP contribution in [-0.2, 0) is 9.47 Å².